The number of hydrogen-bond acceptors (Lipinski definition) is 3. The van der Waals surface area contributed by atoms with Gasteiger partial charge in [-0.25, -0.2) is 4.79 Å². The number of nitrogens with one attached hydrogen (secondary N) is 1. The highest BCUT2D eigenvalue weighted by molar-refractivity contribution is 5.64. The highest BCUT2D eigenvalue weighted by atomic mass is 16.6. The molecule has 0 aromatic rings. The molecule has 1 amide bonds. The Balaban J connectivity index is 1.97. The lowest BCUT2D eigenvalue weighted by Gasteiger charge is -2.31. The third-order valence-corrected chi connectivity index (χ3v) is 3.20. The molecular formula is C9H16N2O2. The molecule has 0 spiro atoms. The summed E-state index contributed by atoms with van der Waals surface area (Å²) in [5.74, 6) is 1.19. The van der Waals surface area contributed by atoms with Gasteiger partial charge >= 0.3 is 6.09 Å². The molecule has 4 heteroatoms. The molecule has 3 unspecified atom stereocenters. The van der Waals surface area contributed by atoms with Gasteiger partial charge in [0.15, 0.2) is 0 Å². The van der Waals surface area contributed by atoms with Gasteiger partial charge in [0.05, 0.1) is 0 Å². The predicted molar refractivity (Wildman–Crippen MR) is 48.2 cm³/mol. The summed E-state index contributed by atoms with van der Waals surface area (Å²) in [4.78, 5) is 10.6. The molecule has 74 valence electrons. The van der Waals surface area contributed by atoms with Crippen LogP contribution in [-0.2, 0) is 4.74 Å². The average molecular weight is 184 g/mol. The van der Waals surface area contributed by atoms with Crippen LogP contribution in [0.1, 0.15) is 19.3 Å². The van der Waals surface area contributed by atoms with Gasteiger partial charge in [0.2, 0.25) is 0 Å². The van der Waals surface area contributed by atoms with Crippen molar-refractivity contribution in [2.45, 2.75) is 25.4 Å². The lowest BCUT2D eigenvalue weighted by atomic mass is 9.79. The second-order valence-electron chi connectivity index (χ2n) is 3.99. The van der Waals surface area contributed by atoms with Crippen molar-refractivity contribution < 1.29 is 9.53 Å². The van der Waals surface area contributed by atoms with Gasteiger partial charge in [0.1, 0.15) is 6.10 Å². The Morgan fingerprint density at radius 1 is 1.38 bits per heavy atom. The van der Waals surface area contributed by atoms with E-state index < -0.39 is 6.09 Å². The van der Waals surface area contributed by atoms with Gasteiger partial charge in [-0.3, -0.25) is 0 Å². The maximum absolute atomic E-state index is 10.6. The fraction of sp³-hybridized carbons (Fsp3) is 0.889. The Bertz CT molecular complexity index is 208. The summed E-state index contributed by atoms with van der Waals surface area (Å²) in [6.45, 7) is 2.05. The minimum atomic E-state index is -0.627. The molecule has 13 heavy (non-hydrogen) atoms. The molecule has 1 heterocycles. The van der Waals surface area contributed by atoms with E-state index in [0.717, 1.165) is 25.9 Å². The second-order valence-corrected chi connectivity index (χ2v) is 3.99. The van der Waals surface area contributed by atoms with Crippen molar-refractivity contribution in [1.29, 1.82) is 0 Å². The molecule has 2 aliphatic rings. The molecule has 4 nitrogen and oxygen atoms in total. The first-order valence-electron chi connectivity index (χ1n) is 4.94. The molecule has 0 aromatic carbocycles. The van der Waals surface area contributed by atoms with Crippen LogP contribution in [0.4, 0.5) is 4.79 Å². The molecule has 1 saturated carbocycles. The van der Waals surface area contributed by atoms with Crippen molar-refractivity contribution in [3.05, 3.63) is 0 Å². The summed E-state index contributed by atoms with van der Waals surface area (Å²) < 4.78 is 5.10. The summed E-state index contributed by atoms with van der Waals surface area (Å²) >= 11 is 0. The number of primary amides is 1. The van der Waals surface area contributed by atoms with E-state index in [1.54, 1.807) is 0 Å². The smallest absolute Gasteiger partial charge is 0.404 e. The van der Waals surface area contributed by atoms with Crippen molar-refractivity contribution in [2.75, 3.05) is 13.1 Å². The third-order valence-electron chi connectivity index (χ3n) is 3.20. The van der Waals surface area contributed by atoms with Crippen LogP contribution in [0, 0.1) is 11.8 Å². The molecule has 0 radical (unpaired) electrons. The minimum absolute atomic E-state index is 0.0613. The number of amides is 1. The molecule has 1 aliphatic carbocycles. The van der Waals surface area contributed by atoms with E-state index in [2.05, 4.69) is 5.32 Å². The molecule has 2 rings (SSSR count). The summed E-state index contributed by atoms with van der Waals surface area (Å²) in [5.41, 5.74) is 5.02. The van der Waals surface area contributed by atoms with Crippen LogP contribution >= 0.6 is 0 Å². The van der Waals surface area contributed by atoms with Gasteiger partial charge in [-0.15, -0.1) is 0 Å². The van der Waals surface area contributed by atoms with Crippen LogP contribution in [0.2, 0.25) is 0 Å². The van der Waals surface area contributed by atoms with Crippen molar-refractivity contribution in [3.8, 4) is 0 Å². The summed E-state index contributed by atoms with van der Waals surface area (Å²) in [6.07, 6.45) is 2.83. The van der Waals surface area contributed by atoms with E-state index in [1.807, 2.05) is 0 Å². The van der Waals surface area contributed by atoms with Crippen LogP contribution in [-0.4, -0.2) is 25.3 Å². The first kappa shape index (κ1) is 8.81. The molecule has 3 N–H and O–H groups in total. The largest absolute Gasteiger partial charge is 0.446 e. The Labute approximate surface area is 77.8 Å². The zero-order valence-electron chi connectivity index (χ0n) is 7.66. The molecule has 1 saturated heterocycles. The number of ether oxygens (including phenoxy) is 1. The van der Waals surface area contributed by atoms with E-state index in [0.29, 0.717) is 11.8 Å². The van der Waals surface area contributed by atoms with Gasteiger partial charge < -0.3 is 15.8 Å². The van der Waals surface area contributed by atoms with Crippen LogP contribution in [0.15, 0.2) is 0 Å². The highest BCUT2D eigenvalue weighted by Crippen LogP contribution is 2.34. The second kappa shape index (κ2) is 3.54. The Hall–Kier alpha value is -0.770. The summed E-state index contributed by atoms with van der Waals surface area (Å²) in [7, 11) is 0. The van der Waals surface area contributed by atoms with Gasteiger partial charge in [-0.1, -0.05) is 0 Å². The number of carbonyl (C=O) groups is 1. The van der Waals surface area contributed by atoms with Crippen molar-refractivity contribution in [2.24, 2.45) is 17.6 Å². The number of hydrogen-bond donors (Lipinski definition) is 2. The number of carbonyl (C=O) groups excluding carboxylic acids is 1. The Morgan fingerprint density at radius 2 is 2.23 bits per heavy atom. The molecule has 0 bridgehead atoms. The first-order chi connectivity index (χ1) is 6.27. The van der Waals surface area contributed by atoms with Crippen LogP contribution in [0.3, 0.4) is 0 Å². The van der Waals surface area contributed by atoms with Gasteiger partial charge in [0, 0.05) is 12.5 Å². The SMILES string of the molecule is NC(=O)OC1CCCC2CNCC21. The predicted octanol–water partition coefficient (Wildman–Crippen LogP) is 0.470. The Kier molecular flexibility index (Phi) is 2.40. The number of fused-ring (bicyclic) bond motifs is 1. The topological polar surface area (TPSA) is 64.4 Å². The maximum Gasteiger partial charge on any atom is 0.404 e. The average Bonchev–Trinajstić information content (AvgIpc) is 2.51. The molecule has 1 aliphatic heterocycles. The fourth-order valence-corrected chi connectivity index (χ4v) is 2.60. The standard InChI is InChI=1S/C9H16N2O2/c10-9(12)13-8-3-1-2-6-4-11-5-7(6)8/h6-8,11H,1-5H2,(H2,10,12). The molecule has 3 atom stereocenters. The summed E-state index contributed by atoms with van der Waals surface area (Å²) in [5, 5.41) is 3.34. The van der Waals surface area contributed by atoms with E-state index in [4.69, 9.17) is 10.5 Å². The van der Waals surface area contributed by atoms with E-state index in [1.165, 1.54) is 6.42 Å². The highest BCUT2D eigenvalue weighted by Gasteiger charge is 2.38. The summed E-state index contributed by atoms with van der Waals surface area (Å²) in [6, 6.07) is 0. The lowest BCUT2D eigenvalue weighted by Crippen LogP contribution is -2.36. The van der Waals surface area contributed by atoms with Crippen molar-refractivity contribution in [1.82, 2.24) is 5.32 Å². The zero-order chi connectivity index (χ0) is 9.26. The monoisotopic (exact) mass is 184 g/mol. The van der Waals surface area contributed by atoms with Gasteiger partial charge in [0.25, 0.3) is 0 Å². The van der Waals surface area contributed by atoms with Crippen LogP contribution in [0.5, 0.6) is 0 Å². The molecular weight excluding hydrogens is 168 g/mol. The maximum atomic E-state index is 10.6. The molecule has 0 aromatic heterocycles. The number of rotatable bonds is 1. The van der Waals surface area contributed by atoms with Crippen molar-refractivity contribution >= 4 is 6.09 Å². The van der Waals surface area contributed by atoms with Crippen LogP contribution < -0.4 is 11.1 Å². The first-order valence-corrected chi connectivity index (χ1v) is 4.94. The van der Waals surface area contributed by atoms with E-state index >= 15 is 0 Å². The normalized spacial score (nSPS) is 38.3. The minimum Gasteiger partial charge on any atom is -0.446 e. The zero-order valence-corrected chi connectivity index (χ0v) is 7.66. The van der Waals surface area contributed by atoms with E-state index in [-0.39, 0.29) is 6.10 Å². The lowest BCUT2D eigenvalue weighted by molar-refractivity contribution is 0.0334. The molecule has 2 fully saturated rings. The van der Waals surface area contributed by atoms with Crippen LogP contribution in [0.25, 0.3) is 0 Å². The van der Waals surface area contributed by atoms with Gasteiger partial charge in [-0.05, 0) is 31.7 Å². The Morgan fingerprint density at radius 3 is 3.00 bits per heavy atom. The third kappa shape index (κ3) is 1.77. The van der Waals surface area contributed by atoms with E-state index in [9.17, 15) is 4.79 Å². The van der Waals surface area contributed by atoms with Crippen molar-refractivity contribution in [3.63, 3.8) is 0 Å². The quantitative estimate of drug-likeness (QED) is 0.622. The fourth-order valence-electron chi connectivity index (χ4n) is 2.60. The number of nitrogens with two attached hydrogens (primary N) is 1. The van der Waals surface area contributed by atoms with Gasteiger partial charge in [-0.2, -0.15) is 0 Å².